The summed E-state index contributed by atoms with van der Waals surface area (Å²) in [5.74, 6) is -3.52. The molecule has 2 heterocycles. The van der Waals surface area contributed by atoms with Crippen molar-refractivity contribution in [2.75, 3.05) is 38.5 Å². The molecule has 19 nitrogen and oxygen atoms in total. The average molecular weight is 877 g/mol. The van der Waals surface area contributed by atoms with Gasteiger partial charge in [-0.3, -0.25) is 33.7 Å². The summed E-state index contributed by atoms with van der Waals surface area (Å²) in [7, 11) is 0. The number of para-hydroxylation sites is 1. The number of hydrogen-bond acceptors (Lipinski definition) is 13. The Morgan fingerprint density at radius 2 is 1.57 bits per heavy atom. The normalized spacial score (nSPS) is 20.1. The Kier molecular flexibility index (Phi) is 20.4. The molecule has 1 aliphatic rings. The van der Waals surface area contributed by atoms with Gasteiger partial charge in [0.25, 0.3) is 0 Å². The SMILES string of the molecule is CCC(C)C(C)C(=O)NCC(=O)NC(CNC(CC(N)=O)C(O)N1C[C@H](O)CC1C(N)=O)CSc1[nH]c2ccccc2c1CC(NCC(C)[C@@H](C)C(C)O)C(=O)NCC(N)=O. The van der Waals surface area contributed by atoms with Crippen LogP contribution in [-0.4, -0.2) is 142 Å². The van der Waals surface area contributed by atoms with Crippen LogP contribution in [-0.2, 0) is 35.2 Å². The molecule has 0 spiro atoms. The fraction of sp³-hybridized carbons (Fsp3) is 0.659. The number of aliphatic hydroxyl groups is 3. The van der Waals surface area contributed by atoms with Crippen molar-refractivity contribution in [3.8, 4) is 0 Å². The van der Waals surface area contributed by atoms with Crippen LogP contribution >= 0.6 is 11.8 Å². The van der Waals surface area contributed by atoms with E-state index in [2.05, 4.69) is 31.6 Å². The Balaban J connectivity index is 1.93. The molecule has 6 amide bonds. The second-order valence-corrected chi connectivity index (χ2v) is 17.5. The zero-order valence-electron chi connectivity index (χ0n) is 36.1. The number of aromatic amines is 1. The van der Waals surface area contributed by atoms with Gasteiger partial charge < -0.3 is 64.1 Å². The second kappa shape index (κ2) is 24.4. The molecule has 0 aliphatic carbocycles. The van der Waals surface area contributed by atoms with E-state index in [0.29, 0.717) is 11.6 Å². The summed E-state index contributed by atoms with van der Waals surface area (Å²) < 4.78 is 0. The zero-order chi connectivity index (χ0) is 45.6. The van der Waals surface area contributed by atoms with E-state index in [-0.39, 0.29) is 80.8 Å². The Morgan fingerprint density at radius 1 is 0.902 bits per heavy atom. The van der Waals surface area contributed by atoms with Crippen molar-refractivity contribution in [3.05, 3.63) is 29.8 Å². The summed E-state index contributed by atoms with van der Waals surface area (Å²) in [5.41, 5.74) is 18.0. The molecule has 11 atom stereocenters. The number of primary amides is 3. The number of nitrogens with zero attached hydrogens (tertiary/aromatic N) is 1. The fourth-order valence-electron chi connectivity index (χ4n) is 7.24. The van der Waals surface area contributed by atoms with E-state index >= 15 is 0 Å². The van der Waals surface area contributed by atoms with Gasteiger partial charge in [-0.25, -0.2) is 0 Å². The molecular weight excluding hydrogens is 809 g/mol. The molecule has 0 bridgehead atoms. The Labute approximate surface area is 361 Å². The van der Waals surface area contributed by atoms with E-state index in [9.17, 15) is 44.1 Å². The number of aliphatic hydroxyl groups excluding tert-OH is 3. The number of nitrogens with two attached hydrogens (primary N) is 3. The summed E-state index contributed by atoms with van der Waals surface area (Å²) >= 11 is 1.35. The molecule has 20 heteroatoms. The van der Waals surface area contributed by atoms with Gasteiger partial charge in [0.05, 0.1) is 54.5 Å². The number of H-pyrrole nitrogens is 1. The summed E-state index contributed by atoms with van der Waals surface area (Å²) in [5, 5.41) is 48.1. The van der Waals surface area contributed by atoms with Gasteiger partial charge in [-0.05, 0) is 55.7 Å². The number of hydrogen-bond donors (Lipinski definition) is 12. The Bertz CT molecular complexity index is 1800. The number of fused-ring (bicyclic) bond motifs is 1. The van der Waals surface area contributed by atoms with Gasteiger partial charge in [0.2, 0.25) is 35.4 Å². The smallest absolute Gasteiger partial charge is 0.239 e. The zero-order valence-corrected chi connectivity index (χ0v) is 36.9. The number of aromatic nitrogens is 1. The molecule has 1 saturated heterocycles. The molecular formula is C41H68N10O9S. The highest BCUT2D eigenvalue weighted by Crippen LogP contribution is 2.32. The van der Waals surface area contributed by atoms with E-state index < -0.39 is 72.1 Å². The van der Waals surface area contributed by atoms with Gasteiger partial charge in [0, 0.05) is 42.1 Å². The van der Waals surface area contributed by atoms with Crippen molar-refractivity contribution in [1.29, 1.82) is 0 Å². The number of thioether (sulfide) groups is 1. The summed E-state index contributed by atoms with van der Waals surface area (Å²) in [6, 6.07) is 3.98. The topological polar surface area (TPSA) is 320 Å². The first-order valence-corrected chi connectivity index (χ1v) is 21.9. The van der Waals surface area contributed by atoms with Crippen LogP contribution in [0.5, 0.6) is 0 Å². The van der Waals surface area contributed by atoms with Gasteiger partial charge in [0.1, 0.15) is 6.23 Å². The maximum absolute atomic E-state index is 13.6. The predicted octanol–water partition coefficient (Wildman–Crippen LogP) is -1.63. The molecule has 2 aromatic rings. The maximum atomic E-state index is 13.6. The first kappa shape index (κ1) is 51.0. The van der Waals surface area contributed by atoms with Crippen molar-refractivity contribution in [3.63, 3.8) is 0 Å². The first-order chi connectivity index (χ1) is 28.7. The lowest BCUT2D eigenvalue weighted by Gasteiger charge is -2.34. The van der Waals surface area contributed by atoms with E-state index in [4.69, 9.17) is 17.2 Å². The molecule has 0 radical (unpaired) electrons. The van der Waals surface area contributed by atoms with Crippen LogP contribution in [0, 0.1) is 23.7 Å². The number of carbonyl (C=O) groups is 6. The molecule has 0 saturated carbocycles. The maximum Gasteiger partial charge on any atom is 0.239 e. The third-order valence-corrected chi connectivity index (χ3v) is 13.0. The highest BCUT2D eigenvalue weighted by Gasteiger charge is 2.41. The standard InChI is InChI=1S/C41H68N10O9S/c1-7-21(2)24(5)38(58)48-18-36(56)49-26(16-46-32(14-34(42)54)41(60)51-19-27(53)12-33(51)37(44)57)20-61-40-29(28-10-8-9-11-30(28)50-40)13-31(39(59)47-17-35(43)55)45-15-22(3)23(4)25(6)52/h8-11,21-27,31-33,41,45-46,50,52-53,60H,7,12-20H2,1-6H3,(H2,42,54)(H2,43,55)(H2,44,57)(H,47,59)(H,48,58)(H,49,56)/t21?,22?,23-,24?,25?,26?,27-,31?,32?,33?,41?/m1/s1. The van der Waals surface area contributed by atoms with Crippen molar-refractivity contribution < 1.29 is 44.1 Å². The molecule has 3 rings (SSSR count). The Hall–Kier alpha value is -4.31. The van der Waals surface area contributed by atoms with E-state index in [1.165, 1.54) is 16.7 Å². The van der Waals surface area contributed by atoms with Crippen molar-refractivity contribution in [2.45, 2.75) is 115 Å². The van der Waals surface area contributed by atoms with Gasteiger partial charge in [-0.2, -0.15) is 0 Å². The number of carbonyl (C=O) groups excluding carboxylic acids is 6. The van der Waals surface area contributed by atoms with Crippen LogP contribution in [0.3, 0.4) is 0 Å². The lowest BCUT2D eigenvalue weighted by molar-refractivity contribution is -0.129. The third kappa shape index (κ3) is 15.5. The predicted molar refractivity (Wildman–Crippen MR) is 232 cm³/mol. The quantitative estimate of drug-likeness (QED) is 0.0450. The average Bonchev–Trinajstić information content (AvgIpc) is 3.79. The number of β-amino-alcohol motifs (C(OH)–C–C–N with tert-alkyl or cyclic N) is 1. The molecule has 15 N–H and O–H groups in total. The molecule has 1 aliphatic heterocycles. The minimum atomic E-state index is -1.47. The van der Waals surface area contributed by atoms with Gasteiger partial charge in [0.15, 0.2) is 0 Å². The number of benzene rings is 1. The van der Waals surface area contributed by atoms with Crippen LogP contribution in [0.2, 0.25) is 0 Å². The van der Waals surface area contributed by atoms with Crippen molar-refractivity contribution in [2.24, 2.45) is 40.9 Å². The van der Waals surface area contributed by atoms with Crippen LogP contribution in [0.4, 0.5) is 0 Å². The molecule has 1 aromatic carbocycles. The minimum absolute atomic E-state index is 0.00239. The first-order valence-electron chi connectivity index (χ1n) is 20.9. The van der Waals surface area contributed by atoms with E-state index in [1.807, 2.05) is 52.0 Å². The molecule has 342 valence electrons. The van der Waals surface area contributed by atoms with Crippen molar-refractivity contribution >= 4 is 58.1 Å². The Morgan fingerprint density at radius 3 is 2.20 bits per heavy atom. The lowest BCUT2D eigenvalue weighted by Crippen LogP contribution is -2.58. The molecule has 9 unspecified atom stereocenters. The molecule has 61 heavy (non-hydrogen) atoms. The minimum Gasteiger partial charge on any atom is -0.393 e. The largest absolute Gasteiger partial charge is 0.393 e. The lowest BCUT2D eigenvalue weighted by atomic mass is 9.91. The highest BCUT2D eigenvalue weighted by molar-refractivity contribution is 7.99. The second-order valence-electron chi connectivity index (χ2n) is 16.5. The summed E-state index contributed by atoms with van der Waals surface area (Å²) in [6.07, 6.45) is -2.37. The van der Waals surface area contributed by atoms with Crippen molar-refractivity contribution in [1.82, 2.24) is 36.5 Å². The molecule has 1 fully saturated rings. The van der Waals surface area contributed by atoms with Crippen LogP contribution in [0.1, 0.15) is 66.4 Å². The number of rotatable bonds is 27. The third-order valence-electron chi connectivity index (χ3n) is 11.8. The number of amides is 6. The number of nitrogens with one attached hydrogen (secondary N) is 6. The van der Waals surface area contributed by atoms with Gasteiger partial charge in [-0.1, -0.05) is 59.2 Å². The molecule has 1 aromatic heterocycles. The van der Waals surface area contributed by atoms with Gasteiger partial charge >= 0.3 is 0 Å². The summed E-state index contributed by atoms with van der Waals surface area (Å²) in [6.45, 7) is 11.0. The van der Waals surface area contributed by atoms with Gasteiger partial charge in [-0.15, -0.1) is 11.8 Å². The summed E-state index contributed by atoms with van der Waals surface area (Å²) in [4.78, 5) is 80.6. The highest BCUT2D eigenvalue weighted by atomic mass is 32.2. The van der Waals surface area contributed by atoms with E-state index in [1.54, 1.807) is 13.8 Å². The fourth-order valence-corrected chi connectivity index (χ4v) is 8.36. The van der Waals surface area contributed by atoms with Crippen LogP contribution < -0.4 is 43.8 Å². The van der Waals surface area contributed by atoms with E-state index in [0.717, 1.165) is 22.9 Å². The number of likely N-dealkylation sites (tertiary alicyclic amines) is 1. The van der Waals surface area contributed by atoms with Crippen LogP contribution in [0.25, 0.3) is 10.9 Å². The monoisotopic (exact) mass is 876 g/mol. The van der Waals surface area contributed by atoms with Crippen LogP contribution in [0.15, 0.2) is 29.3 Å².